The Labute approximate surface area is 104 Å². The van der Waals surface area contributed by atoms with Crippen LogP contribution < -0.4 is 10.5 Å². The Balaban J connectivity index is 1.97. The third kappa shape index (κ3) is 2.99. The van der Waals surface area contributed by atoms with Crippen molar-refractivity contribution >= 4 is 0 Å². The molecule has 17 heavy (non-hydrogen) atoms. The van der Waals surface area contributed by atoms with Gasteiger partial charge in [0.15, 0.2) is 0 Å². The monoisotopic (exact) mass is 234 g/mol. The number of rotatable bonds is 4. The van der Waals surface area contributed by atoms with Crippen molar-refractivity contribution in [3.63, 3.8) is 0 Å². The van der Waals surface area contributed by atoms with Gasteiger partial charge in [-0.1, -0.05) is 12.1 Å². The van der Waals surface area contributed by atoms with Gasteiger partial charge in [0.2, 0.25) is 0 Å². The number of hydrogen-bond donors (Lipinski definition) is 1. The van der Waals surface area contributed by atoms with E-state index in [2.05, 4.69) is 30.0 Å². The summed E-state index contributed by atoms with van der Waals surface area (Å²) in [6, 6.07) is 6.43. The molecule has 0 spiro atoms. The SMILES string of the molecule is COc1ccc(CN2CCC(CN)C2)cc1C. The molecule has 1 aliphatic heterocycles. The molecule has 94 valence electrons. The van der Waals surface area contributed by atoms with Gasteiger partial charge in [-0.3, -0.25) is 4.90 Å². The standard InChI is InChI=1S/C14H22N2O/c1-11-7-12(3-4-14(11)17-2)9-16-6-5-13(8-15)10-16/h3-4,7,13H,5-6,8-10,15H2,1-2H3. The van der Waals surface area contributed by atoms with Crippen molar-refractivity contribution in [2.75, 3.05) is 26.7 Å². The molecule has 1 saturated heterocycles. The van der Waals surface area contributed by atoms with Crippen molar-refractivity contribution in [3.05, 3.63) is 29.3 Å². The summed E-state index contributed by atoms with van der Waals surface area (Å²) in [6.45, 7) is 6.25. The van der Waals surface area contributed by atoms with Crippen molar-refractivity contribution in [1.82, 2.24) is 4.90 Å². The molecular weight excluding hydrogens is 212 g/mol. The third-order valence-corrected chi connectivity index (χ3v) is 3.57. The number of nitrogens with two attached hydrogens (primary N) is 1. The van der Waals surface area contributed by atoms with Gasteiger partial charge in [-0.2, -0.15) is 0 Å². The van der Waals surface area contributed by atoms with Crippen molar-refractivity contribution < 1.29 is 4.74 Å². The molecule has 1 aliphatic rings. The zero-order valence-electron chi connectivity index (χ0n) is 10.8. The summed E-state index contributed by atoms with van der Waals surface area (Å²) in [6.07, 6.45) is 1.24. The van der Waals surface area contributed by atoms with Crippen molar-refractivity contribution in [2.24, 2.45) is 11.7 Å². The fourth-order valence-corrected chi connectivity index (χ4v) is 2.55. The molecule has 2 rings (SSSR count). The van der Waals surface area contributed by atoms with E-state index >= 15 is 0 Å². The predicted octanol–water partition coefficient (Wildman–Crippen LogP) is 1.78. The van der Waals surface area contributed by atoms with E-state index in [0.717, 1.165) is 25.4 Å². The van der Waals surface area contributed by atoms with E-state index in [1.54, 1.807) is 7.11 Å². The number of aryl methyl sites for hydroxylation is 1. The first-order valence-corrected chi connectivity index (χ1v) is 6.29. The molecule has 1 atom stereocenters. The van der Waals surface area contributed by atoms with Gasteiger partial charge in [0, 0.05) is 13.1 Å². The fourth-order valence-electron chi connectivity index (χ4n) is 2.55. The molecule has 1 aromatic carbocycles. The van der Waals surface area contributed by atoms with Crippen LogP contribution >= 0.6 is 0 Å². The van der Waals surface area contributed by atoms with Crippen LogP contribution in [0.1, 0.15) is 17.5 Å². The summed E-state index contributed by atoms with van der Waals surface area (Å²) >= 11 is 0. The van der Waals surface area contributed by atoms with Gasteiger partial charge in [-0.15, -0.1) is 0 Å². The molecular formula is C14H22N2O. The van der Waals surface area contributed by atoms with Crippen LogP contribution in [-0.4, -0.2) is 31.6 Å². The Hall–Kier alpha value is -1.06. The zero-order chi connectivity index (χ0) is 12.3. The summed E-state index contributed by atoms with van der Waals surface area (Å²) < 4.78 is 5.27. The average Bonchev–Trinajstić information content (AvgIpc) is 2.77. The molecule has 1 aromatic rings. The third-order valence-electron chi connectivity index (χ3n) is 3.57. The minimum atomic E-state index is 0.689. The second kappa shape index (κ2) is 5.52. The molecule has 0 aromatic heterocycles. The Kier molecular flexibility index (Phi) is 4.02. The molecule has 1 fully saturated rings. The van der Waals surface area contributed by atoms with Gasteiger partial charge in [0.25, 0.3) is 0 Å². The molecule has 3 nitrogen and oxygen atoms in total. The smallest absolute Gasteiger partial charge is 0.121 e. The lowest BCUT2D eigenvalue weighted by Gasteiger charge is -2.16. The summed E-state index contributed by atoms with van der Waals surface area (Å²) in [5.41, 5.74) is 8.28. The number of hydrogen-bond acceptors (Lipinski definition) is 3. The Morgan fingerprint density at radius 1 is 1.47 bits per heavy atom. The largest absolute Gasteiger partial charge is 0.496 e. The van der Waals surface area contributed by atoms with Gasteiger partial charge < -0.3 is 10.5 Å². The maximum Gasteiger partial charge on any atom is 0.121 e. The van der Waals surface area contributed by atoms with Crippen molar-refractivity contribution in [3.8, 4) is 5.75 Å². The summed E-state index contributed by atoms with van der Waals surface area (Å²) in [5.74, 6) is 1.66. The van der Waals surface area contributed by atoms with Gasteiger partial charge in [-0.05, 0) is 49.5 Å². The van der Waals surface area contributed by atoms with Crippen molar-refractivity contribution in [1.29, 1.82) is 0 Å². The van der Waals surface area contributed by atoms with Crippen LogP contribution in [0.3, 0.4) is 0 Å². The highest BCUT2D eigenvalue weighted by Gasteiger charge is 2.20. The molecule has 0 amide bonds. The van der Waals surface area contributed by atoms with Crippen LogP contribution in [0.15, 0.2) is 18.2 Å². The topological polar surface area (TPSA) is 38.5 Å². The van der Waals surface area contributed by atoms with E-state index in [4.69, 9.17) is 10.5 Å². The quantitative estimate of drug-likeness (QED) is 0.863. The van der Waals surface area contributed by atoms with Crippen LogP contribution in [0.5, 0.6) is 5.75 Å². The van der Waals surface area contributed by atoms with E-state index in [1.165, 1.54) is 24.1 Å². The Bertz CT molecular complexity index is 378. The first-order valence-electron chi connectivity index (χ1n) is 6.29. The summed E-state index contributed by atoms with van der Waals surface area (Å²) in [5, 5.41) is 0. The van der Waals surface area contributed by atoms with Crippen LogP contribution in [0.25, 0.3) is 0 Å². The van der Waals surface area contributed by atoms with Crippen LogP contribution in [0.4, 0.5) is 0 Å². The molecule has 1 heterocycles. The minimum absolute atomic E-state index is 0.689. The number of benzene rings is 1. The zero-order valence-corrected chi connectivity index (χ0v) is 10.8. The van der Waals surface area contributed by atoms with E-state index < -0.39 is 0 Å². The first-order chi connectivity index (χ1) is 8.22. The highest BCUT2D eigenvalue weighted by atomic mass is 16.5. The van der Waals surface area contributed by atoms with E-state index in [1.807, 2.05) is 0 Å². The van der Waals surface area contributed by atoms with E-state index in [-0.39, 0.29) is 0 Å². The summed E-state index contributed by atoms with van der Waals surface area (Å²) in [7, 11) is 1.72. The van der Waals surface area contributed by atoms with Gasteiger partial charge in [-0.25, -0.2) is 0 Å². The molecule has 0 bridgehead atoms. The van der Waals surface area contributed by atoms with Crippen molar-refractivity contribution in [2.45, 2.75) is 19.9 Å². The minimum Gasteiger partial charge on any atom is -0.496 e. The second-order valence-corrected chi connectivity index (χ2v) is 4.93. The molecule has 2 N–H and O–H groups in total. The van der Waals surface area contributed by atoms with Crippen LogP contribution in [0, 0.1) is 12.8 Å². The number of ether oxygens (including phenoxy) is 1. The average molecular weight is 234 g/mol. The maximum absolute atomic E-state index is 5.71. The number of methoxy groups -OCH3 is 1. The fraction of sp³-hybridized carbons (Fsp3) is 0.571. The normalized spacial score (nSPS) is 20.8. The van der Waals surface area contributed by atoms with Crippen LogP contribution in [-0.2, 0) is 6.54 Å². The molecule has 0 aliphatic carbocycles. The van der Waals surface area contributed by atoms with Gasteiger partial charge in [0.1, 0.15) is 5.75 Å². The second-order valence-electron chi connectivity index (χ2n) is 4.93. The lowest BCUT2D eigenvalue weighted by Crippen LogP contribution is -2.22. The highest BCUT2D eigenvalue weighted by Crippen LogP contribution is 2.22. The molecule has 0 saturated carbocycles. The lowest BCUT2D eigenvalue weighted by molar-refractivity contribution is 0.317. The van der Waals surface area contributed by atoms with E-state index in [0.29, 0.717) is 5.92 Å². The highest BCUT2D eigenvalue weighted by molar-refractivity contribution is 5.36. The van der Waals surface area contributed by atoms with Gasteiger partial charge in [0.05, 0.1) is 7.11 Å². The number of likely N-dealkylation sites (tertiary alicyclic amines) is 1. The Morgan fingerprint density at radius 3 is 2.88 bits per heavy atom. The lowest BCUT2D eigenvalue weighted by atomic mass is 10.1. The first kappa shape index (κ1) is 12.4. The Morgan fingerprint density at radius 2 is 2.29 bits per heavy atom. The number of nitrogens with zero attached hydrogens (tertiary/aromatic N) is 1. The molecule has 0 radical (unpaired) electrons. The van der Waals surface area contributed by atoms with E-state index in [9.17, 15) is 0 Å². The molecule has 1 unspecified atom stereocenters. The predicted molar refractivity (Wildman–Crippen MR) is 70.2 cm³/mol. The summed E-state index contributed by atoms with van der Waals surface area (Å²) in [4.78, 5) is 2.48. The van der Waals surface area contributed by atoms with Crippen LogP contribution in [0.2, 0.25) is 0 Å². The van der Waals surface area contributed by atoms with Gasteiger partial charge >= 0.3 is 0 Å². The maximum atomic E-state index is 5.71. The molecule has 3 heteroatoms.